The van der Waals surface area contributed by atoms with E-state index < -0.39 is 11.6 Å². The van der Waals surface area contributed by atoms with E-state index in [0.29, 0.717) is 5.82 Å². The Balaban J connectivity index is 3.02. The smallest absolute Gasteiger partial charge is 0.329 e. The lowest BCUT2D eigenvalue weighted by Gasteiger charge is -2.32. The lowest BCUT2D eigenvalue weighted by atomic mass is 9.86. The van der Waals surface area contributed by atoms with Gasteiger partial charge in [0.15, 0.2) is 0 Å². The summed E-state index contributed by atoms with van der Waals surface area (Å²) in [5, 5.41) is 3.24. The fraction of sp³-hybridized carbons (Fsp3) is 0.647. The zero-order chi connectivity index (χ0) is 16.4. The number of pyridine rings is 1. The fourth-order valence-corrected chi connectivity index (χ4v) is 2.05. The van der Waals surface area contributed by atoms with Gasteiger partial charge in [-0.05, 0) is 57.7 Å². The molecular formula is C17H28N2O2. The van der Waals surface area contributed by atoms with Crippen molar-refractivity contribution in [3.8, 4) is 0 Å². The van der Waals surface area contributed by atoms with Crippen LogP contribution in [0.15, 0.2) is 12.1 Å². The van der Waals surface area contributed by atoms with Crippen molar-refractivity contribution in [3.63, 3.8) is 0 Å². The second-order valence-corrected chi connectivity index (χ2v) is 7.65. The Hall–Kier alpha value is -1.58. The first-order valence-electron chi connectivity index (χ1n) is 7.33. The van der Waals surface area contributed by atoms with Gasteiger partial charge in [-0.3, -0.25) is 0 Å². The molecule has 0 radical (unpaired) electrons. The highest BCUT2D eigenvalue weighted by Crippen LogP contribution is 2.25. The minimum Gasteiger partial charge on any atom is -0.458 e. The largest absolute Gasteiger partial charge is 0.458 e. The molecule has 0 aliphatic rings. The zero-order valence-electron chi connectivity index (χ0n) is 14.5. The topological polar surface area (TPSA) is 51.2 Å². The predicted molar refractivity (Wildman–Crippen MR) is 86.4 cm³/mol. The first kappa shape index (κ1) is 17.5. The molecule has 0 bridgehead atoms. The van der Waals surface area contributed by atoms with Gasteiger partial charge in [-0.15, -0.1) is 0 Å². The molecule has 0 saturated carbocycles. The van der Waals surface area contributed by atoms with Crippen molar-refractivity contribution < 1.29 is 9.53 Å². The van der Waals surface area contributed by atoms with E-state index in [1.807, 2.05) is 67.5 Å². The second kappa shape index (κ2) is 6.04. The molecule has 0 fully saturated rings. The predicted octanol–water partition coefficient (Wildman–Crippen LogP) is 3.87. The number of aryl methyl sites for hydroxylation is 2. The molecular weight excluding hydrogens is 264 g/mol. The van der Waals surface area contributed by atoms with Crippen LogP contribution in [0.4, 0.5) is 5.82 Å². The minimum atomic E-state index is -0.502. The summed E-state index contributed by atoms with van der Waals surface area (Å²) in [6, 6.07) is 3.49. The molecule has 1 rings (SSSR count). The number of nitrogens with zero attached hydrogens (tertiary/aromatic N) is 1. The van der Waals surface area contributed by atoms with Crippen LogP contribution in [0, 0.1) is 19.3 Å². The highest BCUT2D eigenvalue weighted by atomic mass is 16.6. The van der Waals surface area contributed by atoms with Crippen molar-refractivity contribution in [1.29, 1.82) is 0 Å². The van der Waals surface area contributed by atoms with Crippen molar-refractivity contribution in [2.45, 2.75) is 67.0 Å². The van der Waals surface area contributed by atoms with E-state index in [-0.39, 0.29) is 11.4 Å². The van der Waals surface area contributed by atoms with Crippen molar-refractivity contribution in [1.82, 2.24) is 4.98 Å². The average molecular weight is 292 g/mol. The Morgan fingerprint density at radius 3 is 2.14 bits per heavy atom. The zero-order valence-corrected chi connectivity index (χ0v) is 14.5. The van der Waals surface area contributed by atoms with Crippen molar-refractivity contribution in [3.05, 3.63) is 23.4 Å². The normalized spacial score (nSPS) is 13.7. The van der Waals surface area contributed by atoms with Gasteiger partial charge in [0.2, 0.25) is 0 Å². The van der Waals surface area contributed by atoms with E-state index in [9.17, 15) is 4.79 Å². The number of carbonyl (C=O) groups is 1. The van der Waals surface area contributed by atoms with E-state index in [4.69, 9.17) is 4.74 Å². The summed E-state index contributed by atoms with van der Waals surface area (Å²) in [6.45, 7) is 15.6. The van der Waals surface area contributed by atoms with Crippen molar-refractivity contribution >= 4 is 11.8 Å². The van der Waals surface area contributed by atoms with Gasteiger partial charge in [0, 0.05) is 5.69 Å². The number of hydrogen-bond donors (Lipinski definition) is 1. The molecule has 0 aliphatic heterocycles. The number of rotatable bonds is 3. The van der Waals surface area contributed by atoms with Crippen LogP contribution in [0.5, 0.6) is 0 Å². The number of ether oxygens (including phenoxy) is 1. The second-order valence-electron chi connectivity index (χ2n) is 7.65. The third kappa shape index (κ3) is 5.74. The molecule has 0 saturated heterocycles. The highest BCUT2D eigenvalue weighted by Gasteiger charge is 2.35. The van der Waals surface area contributed by atoms with E-state index in [1.165, 1.54) is 0 Å². The number of aromatic nitrogens is 1. The van der Waals surface area contributed by atoms with Gasteiger partial charge in [0.05, 0.1) is 0 Å². The first-order valence-corrected chi connectivity index (χ1v) is 7.33. The summed E-state index contributed by atoms with van der Waals surface area (Å²) in [5.41, 5.74) is 1.26. The van der Waals surface area contributed by atoms with Crippen LogP contribution in [-0.2, 0) is 9.53 Å². The highest BCUT2D eigenvalue weighted by molar-refractivity contribution is 5.80. The quantitative estimate of drug-likeness (QED) is 0.859. The lowest BCUT2D eigenvalue weighted by molar-refractivity contribution is -0.158. The molecule has 1 heterocycles. The fourth-order valence-electron chi connectivity index (χ4n) is 2.05. The number of hydrogen-bond acceptors (Lipinski definition) is 4. The number of carbonyl (C=O) groups excluding carboxylic acids is 1. The van der Waals surface area contributed by atoms with Gasteiger partial charge in [-0.2, -0.15) is 0 Å². The summed E-state index contributed by atoms with van der Waals surface area (Å²) in [5.74, 6) is 0.453. The van der Waals surface area contributed by atoms with Crippen LogP contribution in [0.1, 0.15) is 52.8 Å². The molecule has 1 N–H and O–H groups in total. The molecule has 0 aliphatic carbocycles. The Labute approximate surface area is 128 Å². The van der Waals surface area contributed by atoms with Crippen LogP contribution >= 0.6 is 0 Å². The lowest BCUT2D eigenvalue weighted by Crippen LogP contribution is -2.45. The summed E-state index contributed by atoms with van der Waals surface area (Å²) in [7, 11) is 0. The SMILES string of the molecule is Cc1cc(C)nc(NC(C(=O)OC(C)(C)C)C(C)(C)C)c1. The summed E-state index contributed by atoms with van der Waals surface area (Å²) >= 11 is 0. The number of esters is 1. The molecule has 0 amide bonds. The molecule has 4 nitrogen and oxygen atoms in total. The average Bonchev–Trinajstić information content (AvgIpc) is 2.20. The van der Waals surface area contributed by atoms with E-state index in [1.54, 1.807) is 0 Å². The van der Waals surface area contributed by atoms with E-state index >= 15 is 0 Å². The molecule has 0 spiro atoms. The molecule has 1 unspecified atom stereocenters. The Kier molecular flexibility index (Phi) is 5.03. The van der Waals surface area contributed by atoms with Gasteiger partial charge in [0.1, 0.15) is 17.5 Å². The Bertz CT molecular complexity index is 490. The molecule has 118 valence electrons. The maximum atomic E-state index is 12.5. The van der Waals surface area contributed by atoms with Crippen LogP contribution in [0.25, 0.3) is 0 Å². The third-order valence-electron chi connectivity index (χ3n) is 2.90. The summed E-state index contributed by atoms with van der Waals surface area (Å²) < 4.78 is 5.53. The van der Waals surface area contributed by atoms with Crippen LogP contribution in [-0.4, -0.2) is 22.6 Å². The van der Waals surface area contributed by atoms with E-state index in [2.05, 4.69) is 10.3 Å². The third-order valence-corrected chi connectivity index (χ3v) is 2.90. The maximum absolute atomic E-state index is 12.5. The molecule has 4 heteroatoms. The first-order chi connectivity index (χ1) is 9.38. The Morgan fingerprint density at radius 1 is 1.14 bits per heavy atom. The Morgan fingerprint density at radius 2 is 1.71 bits per heavy atom. The number of nitrogens with one attached hydrogen (secondary N) is 1. The number of anilines is 1. The van der Waals surface area contributed by atoms with Gasteiger partial charge in [-0.1, -0.05) is 20.8 Å². The van der Waals surface area contributed by atoms with E-state index in [0.717, 1.165) is 11.3 Å². The maximum Gasteiger partial charge on any atom is 0.329 e. The summed E-state index contributed by atoms with van der Waals surface area (Å²) in [4.78, 5) is 16.9. The molecule has 1 aromatic heterocycles. The van der Waals surface area contributed by atoms with Crippen molar-refractivity contribution in [2.75, 3.05) is 5.32 Å². The van der Waals surface area contributed by atoms with Gasteiger partial charge < -0.3 is 10.1 Å². The van der Waals surface area contributed by atoms with Gasteiger partial charge in [-0.25, -0.2) is 9.78 Å². The van der Waals surface area contributed by atoms with Crippen LogP contribution in [0.2, 0.25) is 0 Å². The molecule has 1 atom stereocenters. The van der Waals surface area contributed by atoms with Gasteiger partial charge in [0.25, 0.3) is 0 Å². The standard InChI is InChI=1S/C17H28N2O2/c1-11-9-12(2)18-13(10-11)19-14(16(3,4)5)15(20)21-17(6,7)8/h9-10,14H,1-8H3,(H,18,19). The minimum absolute atomic E-state index is 0.254. The summed E-state index contributed by atoms with van der Waals surface area (Å²) in [6.07, 6.45) is 0. The van der Waals surface area contributed by atoms with Crippen molar-refractivity contribution in [2.24, 2.45) is 5.41 Å². The van der Waals surface area contributed by atoms with Crippen LogP contribution < -0.4 is 5.32 Å². The monoisotopic (exact) mass is 292 g/mol. The molecule has 0 aromatic carbocycles. The van der Waals surface area contributed by atoms with Gasteiger partial charge >= 0.3 is 5.97 Å². The van der Waals surface area contributed by atoms with Crippen LogP contribution in [0.3, 0.4) is 0 Å². The molecule has 1 aromatic rings. The molecule has 21 heavy (non-hydrogen) atoms.